The zero-order valence-electron chi connectivity index (χ0n) is 15.5. The van der Waals surface area contributed by atoms with E-state index in [1.54, 1.807) is 55.6 Å². The number of Topliss-reactive ketones (excluding diaryl/α,β-unsaturated/α-hetero) is 1. The molecule has 0 heterocycles. The number of nitrogens with one attached hydrogen (secondary N) is 1. The van der Waals surface area contributed by atoms with Crippen molar-refractivity contribution >= 4 is 23.3 Å². The Morgan fingerprint density at radius 2 is 1.56 bits per heavy atom. The molecule has 0 aliphatic carbocycles. The van der Waals surface area contributed by atoms with Crippen LogP contribution in [0.5, 0.6) is 0 Å². The molecule has 2 rings (SSSR count). The third-order valence-electron chi connectivity index (χ3n) is 3.80. The van der Waals surface area contributed by atoms with Crippen LogP contribution < -0.4 is 5.32 Å². The standard InChI is InChI=1S/C21H23NO5/c1-3-4-20(24)22-18-11-9-16(10-12-18)19(23)14-27-21(25)17-7-5-15(6-8-17)13-26-2/h5-12H,3-4,13-14H2,1-2H3,(H,22,24). The van der Waals surface area contributed by atoms with Gasteiger partial charge in [-0.2, -0.15) is 0 Å². The number of amides is 1. The van der Waals surface area contributed by atoms with Crippen LogP contribution in [0.4, 0.5) is 5.69 Å². The quantitative estimate of drug-likeness (QED) is 0.539. The van der Waals surface area contributed by atoms with E-state index in [1.807, 2.05) is 6.92 Å². The molecule has 2 aromatic rings. The maximum Gasteiger partial charge on any atom is 0.338 e. The lowest BCUT2D eigenvalue weighted by molar-refractivity contribution is -0.116. The Bertz CT molecular complexity index is 781. The molecule has 0 bridgehead atoms. The molecule has 0 radical (unpaired) electrons. The third kappa shape index (κ3) is 6.34. The average molecular weight is 369 g/mol. The van der Waals surface area contributed by atoms with Crippen molar-refractivity contribution < 1.29 is 23.9 Å². The average Bonchev–Trinajstić information content (AvgIpc) is 2.67. The smallest absolute Gasteiger partial charge is 0.338 e. The van der Waals surface area contributed by atoms with Crippen molar-refractivity contribution in [1.82, 2.24) is 0 Å². The van der Waals surface area contributed by atoms with Crippen LogP contribution in [-0.2, 0) is 20.9 Å². The highest BCUT2D eigenvalue weighted by atomic mass is 16.5. The van der Waals surface area contributed by atoms with E-state index >= 15 is 0 Å². The number of carbonyl (C=O) groups excluding carboxylic acids is 3. The van der Waals surface area contributed by atoms with Crippen molar-refractivity contribution in [3.63, 3.8) is 0 Å². The second-order valence-electron chi connectivity index (χ2n) is 6.00. The summed E-state index contributed by atoms with van der Waals surface area (Å²) in [6.07, 6.45) is 1.21. The Balaban J connectivity index is 1.87. The van der Waals surface area contributed by atoms with Crippen LogP contribution in [0, 0.1) is 0 Å². The summed E-state index contributed by atoms with van der Waals surface area (Å²) in [7, 11) is 1.60. The van der Waals surface area contributed by atoms with Crippen molar-refractivity contribution in [1.29, 1.82) is 0 Å². The summed E-state index contributed by atoms with van der Waals surface area (Å²) in [5.74, 6) is -0.941. The number of ether oxygens (including phenoxy) is 2. The summed E-state index contributed by atoms with van der Waals surface area (Å²) >= 11 is 0. The zero-order valence-corrected chi connectivity index (χ0v) is 15.5. The van der Waals surface area contributed by atoms with Crippen LogP contribution in [0.15, 0.2) is 48.5 Å². The molecule has 142 valence electrons. The molecule has 1 amide bonds. The van der Waals surface area contributed by atoms with E-state index in [-0.39, 0.29) is 18.3 Å². The molecular formula is C21H23NO5. The van der Waals surface area contributed by atoms with E-state index in [2.05, 4.69) is 5.32 Å². The fourth-order valence-corrected chi connectivity index (χ4v) is 2.39. The van der Waals surface area contributed by atoms with Crippen LogP contribution in [0.25, 0.3) is 0 Å². The summed E-state index contributed by atoms with van der Waals surface area (Å²) in [5.41, 5.74) is 2.35. The predicted octanol–water partition coefficient (Wildman–Crippen LogP) is 3.61. The third-order valence-corrected chi connectivity index (χ3v) is 3.80. The molecule has 27 heavy (non-hydrogen) atoms. The number of esters is 1. The second-order valence-corrected chi connectivity index (χ2v) is 6.00. The van der Waals surface area contributed by atoms with Gasteiger partial charge in [0, 0.05) is 24.8 Å². The van der Waals surface area contributed by atoms with Crippen LogP contribution in [0.1, 0.15) is 46.0 Å². The number of rotatable bonds is 9. The SMILES string of the molecule is CCCC(=O)Nc1ccc(C(=O)COC(=O)c2ccc(COC)cc2)cc1. The van der Waals surface area contributed by atoms with Crippen molar-refractivity contribution in [3.05, 3.63) is 65.2 Å². The molecule has 6 nitrogen and oxygen atoms in total. The molecule has 6 heteroatoms. The molecule has 0 spiro atoms. The highest BCUT2D eigenvalue weighted by Crippen LogP contribution is 2.12. The number of hydrogen-bond donors (Lipinski definition) is 1. The fourth-order valence-electron chi connectivity index (χ4n) is 2.39. The van der Waals surface area contributed by atoms with Gasteiger partial charge in [-0.3, -0.25) is 9.59 Å². The van der Waals surface area contributed by atoms with Gasteiger partial charge in [-0.1, -0.05) is 19.1 Å². The number of hydrogen-bond acceptors (Lipinski definition) is 5. The minimum Gasteiger partial charge on any atom is -0.454 e. The maximum absolute atomic E-state index is 12.2. The number of carbonyl (C=O) groups is 3. The van der Waals surface area contributed by atoms with Gasteiger partial charge < -0.3 is 14.8 Å². The Morgan fingerprint density at radius 3 is 2.15 bits per heavy atom. The van der Waals surface area contributed by atoms with Gasteiger partial charge in [-0.15, -0.1) is 0 Å². The van der Waals surface area contributed by atoms with Gasteiger partial charge >= 0.3 is 5.97 Å². The normalized spacial score (nSPS) is 10.3. The first kappa shape index (κ1) is 20.3. The Morgan fingerprint density at radius 1 is 0.926 bits per heavy atom. The van der Waals surface area contributed by atoms with E-state index < -0.39 is 5.97 Å². The van der Waals surface area contributed by atoms with Crippen LogP contribution in [0.3, 0.4) is 0 Å². The van der Waals surface area contributed by atoms with Gasteiger partial charge in [0.1, 0.15) is 0 Å². The van der Waals surface area contributed by atoms with Crippen molar-refractivity contribution in [2.45, 2.75) is 26.4 Å². The van der Waals surface area contributed by atoms with Crippen molar-refractivity contribution in [3.8, 4) is 0 Å². The summed E-state index contributed by atoms with van der Waals surface area (Å²) in [4.78, 5) is 35.8. The van der Waals surface area contributed by atoms with Gasteiger partial charge in [0.05, 0.1) is 12.2 Å². The van der Waals surface area contributed by atoms with Crippen molar-refractivity contribution in [2.75, 3.05) is 19.0 Å². The van der Waals surface area contributed by atoms with Gasteiger partial charge in [0.25, 0.3) is 0 Å². The Hall–Kier alpha value is -2.99. The van der Waals surface area contributed by atoms with E-state index in [1.165, 1.54) is 0 Å². The van der Waals surface area contributed by atoms with E-state index in [0.29, 0.717) is 29.8 Å². The number of ketones is 1. The number of benzene rings is 2. The first-order valence-corrected chi connectivity index (χ1v) is 8.71. The van der Waals surface area contributed by atoms with Gasteiger partial charge in [-0.25, -0.2) is 4.79 Å². The van der Waals surface area contributed by atoms with Gasteiger partial charge in [-0.05, 0) is 48.4 Å². The molecule has 0 saturated carbocycles. The molecule has 0 saturated heterocycles. The fraction of sp³-hybridized carbons (Fsp3) is 0.286. The molecule has 0 atom stereocenters. The van der Waals surface area contributed by atoms with Gasteiger partial charge in [0.15, 0.2) is 12.4 Å². The highest BCUT2D eigenvalue weighted by Gasteiger charge is 2.12. The summed E-state index contributed by atoms with van der Waals surface area (Å²) < 4.78 is 10.1. The summed E-state index contributed by atoms with van der Waals surface area (Å²) in [6.45, 7) is 2.04. The lowest BCUT2D eigenvalue weighted by atomic mass is 10.1. The molecule has 0 fully saturated rings. The molecule has 2 aromatic carbocycles. The second kappa shape index (κ2) is 10.2. The monoisotopic (exact) mass is 369 g/mol. The first-order chi connectivity index (χ1) is 13.0. The first-order valence-electron chi connectivity index (χ1n) is 8.71. The number of anilines is 1. The Kier molecular flexibility index (Phi) is 7.70. The van der Waals surface area contributed by atoms with E-state index in [0.717, 1.165) is 12.0 Å². The molecule has 1 N–H and O–H groups in total. The molecular weight excluding hydrogens is 346 g/mol. The van der Waals surface area contributed by atoms with E-state index in [4.69, 9.17) is 9.47 Å². The molecule has 0 aliphatic rings. The number of methoxy groups -OCH3 is 1. The lowest BCUT2D eigenvalue weighted by Gasteiger charge is -2.07. The summed E-state index contributed by atoms with van der Waals surface area (Å²) in [5, 5.41) is 2.75. The van der Waals surface area contributed by atoms with Gasteiger partial charge in [0.2, 0.25) is 5.91 Å². The minimum absolute atomic E-state index is 0.0676. The minimum atomic E-state index is -0.559. The molecule has 0 aromatic heterocycles. The largest absolute Gasteiger partial charge is 0.454 e. The highest BCUT2D eigenvalue weighted by molar-refractivity contribution is 6.00. The van der Waals surface area contributed by atoms with Crippen LogP contribution in [-0.4, -0.2) is 31.4 Å². The molecule has 0 aliphatic heterocycles. The molecule has 0 unspecified atom stereocenters. The zero-order chi connectivity index (χ0) is 19.6. The lowest BCUT2D eigenvalue weighted by Crippen LogP contribution is -2.15. The predicted molar refractivity (Wildman–Crippen MR) is 102 cm³/mol. The van der Waals surface area contributed by atoms with Crippen molar-refractivity contribution in [2.24, 2.45) is 0 Å². The van der Waals surface area contributed by atoms with E-state index in [9.17, 15) is 14.4 Å². The maximum atomic E-state index is 12.2. The topological polar surface area (TPSA) is 81.7 Å². The van der Waals surface area contributed by atoms with Crippen LogP contribution in [0.2, 0.25) is 0 Å². The Labute approximate surface area is 158 Å². The summed E-state index contributed by atoms with van der Waals surface area (Å²) in [6, 6.07) is 13.3. The van der Waals surface area contributed by atoms with Crippen LogP contribution >= 0.6 is 0 Å².